The summed E-state index contributed by atoms with van der Waals surface area (Å²) in [5.74, 6) is 1.81. The zero-order valence-corrected chi connectivity index (χ0v) is 18.3. The molecule has 0 atom stereocenters. The molecule has 1 heterocycles. The standard InChI is InChI=1S/C23H29NO5S/c1-27-22-14-21(15-23(16-22)28-2)18-29-17-20-8-11-24(12-9-20)30(25,26)13-10-19-6-4-3-5-7-19/h3-7,10,13-16,20H,8-9,11-12,17-18H2,1-2H3. The van der Waals surface area contributed by atoms with Gasteiger partial charge in [-0.3, -0.25) is 0 Å². The molecular formula is C23H29NO5S. The van der Waals surface area contributed by atoms with E-state index in [9.17, 15) is 8.42 Å². The molecule has 0 spiro atoms. The van der Waals surface area contributed by atoms with Crippen molar-refractivity contribution in [1.82, 2.24) is 4.31 Å². The van der Waals surface area contributed by atoms with Gasteiger partial charge in [-0.1, -0.05) is 30.3 Å². The van der Waals surface area contributed by atoms with Crippen LogP contribution in [0.25, 0.3) is 6.08 Å². The summed E-state index contributed by atoms with van der Waals surface area (Å²) >= 11 is 0. The highest BCUT2D eigenvalue weighted by molar-refractivity contribution is 7.92. The molecule has 162 valence electrons. The first-order chi connectivity index (χ1) is 14.5. The molecule has 1 aliphatic rings. The highest BCUT2D eigenvalue weighted by Crippen LogP contribution is 2.24. The van der Waals surface area contributed by atoms with Crippen LogP contribution in [-0.4, -0.2) is 46.6 Å². The minimum absolute atomic E-state index is 0.349. The Labute approximate surface area is 179 Å². The second-order valence-corrected chi connectivity index (χ2v) is 9.16. The van der Waals surface area contributed by atoms with E-state index in [1.54, 1.807) is 24.6 Å². The molecular weight excluding hydrogens is 402 g/mol. The van der Waals surface area contributed by atoms with Crippen molar-refractivity contribution in [3.8, 4) is 11.5 Å². The molecule has 0 amide bonds. The Morgan fingerprint density at radius 3 is 2.23 bits per heavy atom. The number of ether oxygens (including phenoxy) is 3. The lowest BCUT2D eigenvalue weighted by Crippen LogP contribution is -2.38. The van der Waals surface area contributed by atoms with Gasteiger partial charge in [0.25, 0.3) is 0 Å². The lowest BCUT2D eigenvalue weighted by Gasteiger charge is -2.30. The molecule has 0 aliphatic carbocycles. The summed E-state index contributed by atoms with van der Waals surface area (Å²) in [5.41, 5.74) is 1.86. The first-order valence-corrected chi connectivity index (χ1v) is 11.5. The third-order valence-electron chi connectivity index (χ3n) is 5.20. The zero-order chi connectivity index (χ0) is 21.4. The summed E-state index contributed by atoms with van der Waals surface area (Å²) in [7, 11) is -0.157. The van der Waals surface area contributed by atoms with Gasteiger partial charge in [-0.15, -0.1) is 0 Å². The van der Waals surface area contributed by atoms with Crippen molar-refractivity contribution in [3.63, 3.8) is 0 Å². The third-order valence-corrected chi connectivity index (χ3v) is 6.76. The molecule has 0 bridgehead atoms. The predicted molar refractivity (Wildman–Crippen MR) is 118 cm³/mol. The zero-order valence-electron chi connectivity index (χ0n) is 17.5. The van der Waals surface area contributed by atoms with Crippen LogP contribution in [0.2, 0.25) is 0 Å². The van der Waals surface area contributed by atoms with E-state index in [1.807, 2.05) is 48.5 Å². The number of hydrogen-bond donors (Lipinski definition) is 0. The Bertz CT molecular complexity index is 913. The molecule has 1 fully saturated rings. The fourth-order valence-electron chi connectivity index (χ4n) is 3.44. The van der Waals surface area contributed by atoms with E-state index in [2.05, 4.69) is 0 Å². The van der Waals surface area contributed by atoms with Gasteiger partial charge in [-0.05, 0) is 48.1 Å². The van der Waals surface area contributed by atoms with Gasteiger partial charge in [0.05, 0.1) is 20.8 Å². The van der Waals surface area contributed by atoms with E-state index in [0.29, 0.717) is 32.2 Å². The molecule has 0 aromatic heterocycles. The maximum atomic E-state index is 12.6. The van der Waals surface area contributed by atoms with Crippen LogP contribution < -0.4 is 9.47 Å². The Morgan fingerprint density at radius 1 is 1.00 bits per heavy atom. The molecule has 2 aromatic carbocycles. The van der Waals surface area contributed by atoms with Crippen molar-refractivity contribution >= 4 is 16.1 Å². The Morgan fingerprint density at radius 2 is 1.63 bits per heavy atom. The quantitative estimate of drug-likeness (QED) is 0.602. The summed E-state index contributed by atoms with van der Waals surface area (Å²) < 4.78 is 43.1. The van der Waals surface area contributed by atoms with Gasteiger partial charge in [0, 0.05) is 31.2 Å². The monoisotopic (exact) mass is 431 g/mol. The van der Waals surface area contributed by atoms with Gasteiger partial charge in [-0.2, -0.15) is 4.31 Å². The van der Waals surface area contributed by atoms with Crippen LogP contribution in [0.4, 0.5) is 0 Å². The summed E-state index contributed by atoms with van der Waals surface area (Å²) in [6, 6.07) is 15.1. The van der Waals surface area contributed by atoms with Gasteiger partial charge < -0.3 is 14.2 Å². The summed E-state index contributed by atoms with van der Waals surface area (Å²) in [4.78, 5) is 0. The van der Waals surface area contributed by atoms with Crippen LogP contribution in [0.15, 0.2) is 53.9 Å². The number of piperidine rings is 1. The van der Waals surface area contributed by atoms with Crippen LogP contribution in [0.3, 0.4) is 0 Å². The second-order valence-electron chi connectivity index (χ2n) is 7.34. The number of rotatable bonds is 9. The van der Waals surface area contributed by atoms with Gasteiger partial charge >= 0.3 is 0 Å². The lowest BCUT2D eigenvalue weighted by molar-refractivity contribution is 0.0687. The van der Waals surface area contributed by atoms with E-state index in [4.69, 9.17) is 14.2 Å². The Hall–Kier alpha value is -2.35. The molecule has 30 heavy (non-hydrogen) atoms. The number of sulfonamides is 1. The molecule has 6 nitrogen and oxygen atoms in total. The molecule has 1 aliphatic heterocycles. The first kappa shape index (κ1) is 22.3. The van der Waals surface area contributed by atoms with Crippen LogP contribution >= 0.6 is 0 Å². The van der Waals surface area contributed by atoms with Crippen molar-refractivity contribution in [2.45, 2.75) is 19.4 Å². The Kier molecular flexibility index (Phi) is 7.90. The number of nitrogens with zero attached hydrogens (tertiary/aromatic N) is 1. The number of methoxy groups -OCH3 is 2. The minimum Gasteiger partial charge on any atom is -0.497 e. The third kappa shape index (κ3) is 6.32. The molecule has 0 unspecified atom stereocenters. The maximum Gasteiger partial charge on any atom is 0.236 e. The molecule has 3 rings (SSSR count). The van der Waals surface area contributed by atoms with Gasteiger partial charge in [-0.25, -0.2) is 8.42 Å². The van der Waals surface area contributed by atoms with Crippen molar-refractivity contribution < 1.29 is 22.6 Å². The molecule has 1 saturated heterocycles. The fraction of sp³-hybridized carbons (Fsp3) is 0.391. The van der Waals surface area contributed by atoms with Crippen LogP contribution in [-0.2, 0) is 21.4 Å². The largest absolute Gasteiger partial charge is 0.497 e. The summed E-state index contributed by atoms with van der Waals surface area (Å²) in [5, 5.41) is 1.30. The first-order valence-electron chi connectivity index (χ1n) is 10.0. The van der Waals surface area contributed by atoms with Gasteiger partial charge in [0.15, 0.2) is 0 Å². The smallest absolute Gasteiger partial charge is 0.236 e. The minimum atomic E-state index is -3.40. The summed E-state index contributed by atoms with van der Waals surface area (Å²) in [6.45, 7) is 2.10. The predicted octanol–water partition coefficient (Wildman–Crippen LogP) is 3.93. The van der Waals surface area contributed by atoms with E-state index in [0.717, 1.165) is 35.5 Å². The normalized spacial score (nSPS) is 16.1. The lowest BCUT2D eigenvalue weighted by atomic mass is 9.99. The molecule has 7 heteroatoms. The average Bonchev–Trinajstić information content (AvgIpc) is 2.78. The van der Waals surface area contributed by atoms with E-state index in [1.165, 1.54) is 5.41 Å². The highest BCUT2D eigenvalue weighted by atomic mass is 32.2. The van der Waals surface area contributed by atoms with Crippen LogP contribution in [0.1, 0.15) is 24.0 Å². The van der Waals surface area contributed by atoms with E-state index in [-0.39, 0.29) is 0 Å². The van der Waals surface area contributed by atoms with Gasteiger partial charge in [0.2, 0.25) is 10.0 Å². The molecule has 2 aromatic rings. The Balaban J connectivity index is 1.46. The maximum absolute atomic E-state index is 12.6. The van der Waals surface area contributed by atoms with Crippen LogP contribution in [0.5, 0.6) is 11.5 Å². The topological polar surface area (TPSA) is 65.1 Å². The molecule has 0 radical (unpaired) electrons. The highest BCUT2D eigenvalue weighted by Gasteiger charge is 2.26. The molecule has 0 saturated carbocycles. The van der Waals surface area contributed by atoms with E-state index < -0.39 is 10.0 Å². The van der Waals surface area contributed by atoms with Crippen molar-refractivity contribution in [1.29, 1.82) is 0 Å². The van der Waals surface area contributed by atoms with Crippen molar-refractivity contribution in [2.24, 2.45) is 5.92 Å². The van der Waals surface area contributed by atoms with Crippen molar-refractivity contribution in [3.05, 3.63) is 65.1 Å². The fourth-order valence-corrected chi connectivity index (χ4v) is 4.66. The summed E-state index contributed by atoms with van der Waals surface area (Å²) in [6.07, 6.45) is 3.23. The van der Waals surface area contributed by atoms with Crippen molar-refractivity contribution in [2.75, 3.05) is 33.9 Å². The number of hydrogen-bond acceptors (Lipinski definition) is 5. The second kappa shape index (κ2) is 10.6. The SMILES string of the molecule is COc1cc(COCC2CCN(S(=O)(=O)C=Cc3ccccc3)CC2)cc(OC)c1. The van der Waals surface area contributed by atoms with Crippen LogP contribution in [0, 0.1) is 5.92 Å². The van der Waals surface area contributed by atoms with E-state index >= 15 is 0 Å². The number of benzene rings is 2. The van der Waals surface area contributed by atoms with Gasteiger partial charge in [0.1, 0.15) is 11.5 Å². The average molecular weight is 432 g/mol. The molecule has 0 N–H and O–H groups in total.